The number of methoxy groups -OCH3 is 1. The number of aromatic amines is 1. The predicted octanol–water partition coefficient (Wildman–Crippen LogP) is 2.63. The fraction of sp³-hybridized carbons (Fsp3) is 0.125. The molecular formula is C16H14ClN3O3. The molecule has 0 saturated carbocycles. The van der Waals surface area contributed by atoms with Crippen LogP contribution in [0.3, 0.4) is 0 Å². The Balaban J connectivity index is 1.86. The van der Waals surface area contributed by atoms with E-state index in [0.29, 0.717) is 27.5 Å². The third-order valence-corrected chi connectivity index (χ3v) is 3.65. The van der Waals surface area contributed by atoms with Crippen LogP contribution in [0.2, 0.25) is 5.02 Å². The van der Waals surface area contributed by atoms with Crippen molar-refractivity contribution in [1.82, 2.24) is 9.55 Å². The summed E-state index contributed by atoms with van der Waals surface area (Å²) in [7, 11) is 1.50. The number of nitrogens with zero attached hydrogens (tertiary/aromatic N) is 1. The van der Waals surface area contributed by atoms with Gasteiger partial charge in [0.1, 0.15) is 12.3 Å². The normalized spacial score (nSPS) is 10.7. The average molecular weight is 332 g/mol. The van der Waals surface area contributed by atoms with E-state index in [1.54, 1.807) is 30.3 Å². The molecule has 1 heterocycles. The van der Waals surface area contributed by atoms with Gasteiger partial charge in [0.2, 0.25) is 5.91 Å². The Bertz CT molecular complexity index is 930. The quantitative estimate of drug-likeness (QED) is 0.771. The second-order valence-electron chi connectivity index (χ2n) is 4.93. The second-order valence-corrected chi connectivity index (χ2v) is 5.36. The molecular weight excluding hydrogens is 318 g/mol. The lowest BCUT2D eigenvalue weighted by molar-refractivity contribution is -0.116. The summed E-state index contributed by atoms with van der Waals surface area (Å²) in [4.78, 5) is 27.0. The second kappa shape index (κ2) is 6.18. The Morgan fingerprint density at radius 2 is 2.09 bits per heavy atom. The first kappa shape index (κ1) is 15.2. The van der Waals surface area contributed by atoms with Crippen LogP contribution < -0.4 is 15.7 Å². The number of ether oxygens (including phenoxy) is 1. The molecule has 3 rings (SSSR count). The molecule has 0 bridgehead atoms. The topological polar surface area (TPSA) is 76.1 Å². The van der Waals surface area contributed by atoms with Crippen LogP contribution in [0.15, 0.2) is 47.3 Å². The zero-order chi connectivity index (χ0) is 16.4. The first-order valence-electron chi connectivity index (χ1n) is 6.89. The monoisotopic (exact) mass is 331 g/mol. The van der Waals surface area contributed by atoms with E-state index in [1.165, 1.54) is 11.7 Å². The molecule has 0 fully saturated rings. The Morgan fingerprint density at radius 1 is 1.30 bits per heavy atom. The molecule has 0 aliphatic rings. The van der Waals surface area contributed by atoms with E-state index in [2.05, 4.69) is 10.3 Å². The molecule has 6 nitrogen and oxygen atoms in total. The summed E-state index contributed by atoms with van der Waals surface area (Å²) in [5.74, 6) is 0.145. The van der Waals surface area contributed by atoms with Gasteiger partial charge in [-0.05, 0) is 30.3 Å². The van der Waals surface area contributed by atoms with Gasteiger partial charge in [0, 0.05) is 5.02 Å². The third-order valence-electron chi connectivity index (χ3n) is 3.42. The highest BCUT2D eigenvalue weighted by Crippen LogP contribution is 2.27. The summed E-state index contributed by atoms with van der Waals surface area (Å²) >= 11 is 5.94. The summed E-state index contributed by atoms with van der Waals surface area (Å²) < 4.78 is 6.56. The van der Waals surface area contributed by atoms with Crippen molar-refractivity contribution in [3.8, 4) is 5.75 Å². The van der Waals surface area contributed by atoms with E-state index in [4.69, 9.17) is 16.3 Å². The highest BCUT2D eigenvalue weighted by Gasteiger charge is 2.12. The zero-order valence-corrected chi connectivity index (χ0v) is 13.1. The number of imidazole rings is 1. The summed E-state index contributed by atoms with van der Waals surface area (Å²) in [5.41, 5.74) is 1.48. The molecule has 1 aromatic heterocycles. The maximum absolute atomic E-state index is 12.3. The Hall–Kier alpha value is -2.73. The van der Waals surface area contributed by atoms with Gasteiger partial charge >= 0.3 is 5.69 Å². The molecule has 0 unspecified atom stereocenters. The largest absolute Gasteiger partial charge is 0.495 e. The van der Waals surface area contributed by atoms with Crippen LogP contribution in [0, 0.1) is 0 Å². The number of nitrogens with one attached hydrogen (secondary N) is 2. The Kier molecular flexibility index (Phi) is 4.08. The van der Waals surface area contributed by atoms with Gasteiger partial charge in [-0.1, -0.05) is 23.7 Å². The lowest BCUT2D eigenvalue weighted by Crippen LogP contribution is -2.26. The molecule has 118 valence electrons. The van der Waals surface area contributed by atoms with Crippen LogP contribution >= 0.6 is 11.6 Å². The van der Waals surface area contributed by atoms with E-state index in [-0.39, 0.29) is 18.1 Å². The number of fused-ring (bicyclic) bond motifs is 1. The van der Waals surface area contributed by atoms with E-state index in [0.717, 1.165) is 0 Å². The molecule has 1 amide bonds. The number of hydrogen-bond acceptors (Lipinski definition) is 3. The minimum atomic E-state index is -0.350. The van der Waals surface area contributed by atoms with Crippen molar-refractivity contribution in [3.05, 3.63) is 58.0 Å². The fourth-order valence-corrected chi connectivity index (χ4v) is 2.55. The molecule has 3 aromatic rings. The maximum atomic E-state index is 12.3. The van der Waals surface area contributed by atoms with Gasteiger partial charge < -0.3 is 15.0 Å². The van der Waals surface area contributed by atoms with Crippen LogP contribution in [0.4, 0.5) is 5.69 Å². The number of carbonyl (C=O) groups is 1. The van der Waals surface area contributed by atoms with Crippen molar-refractivity contribution < 1.29 is 9.53 Å². The number of carbonyl (C=O) groups excluding carboxylic acids is 1. The van der Waals surface area contributed by atoms with Gasteiger partial charge in [-0.3, -0.25) is 9.36 Å². The predicted molar refractivity (Wildman–Crippen MR) is 89.2 cm³/mol. The van der Waals surface area contributed by atoms with Gasteiger partial charge in [0.25, 0.3) is 0 Å². The number of amides is 1. The number of H-pyrrole nitrogens is 1. The Morgan fingerprint density at radius 3 is 2.87 bits per heavy atom. The van der Waals surface area contributed by atoms with Crippen molar-refractivity contribution in [2.75, 3.05) is 12.4 Å². The fourth-order valence-electron chi connectivity index (χ4n) is 2.37. The number of benzene rings is 2. The number of hydrogen-bond donors (Lipinski definition) is 2. The zero-order valence-electron chi connectivity index (χ0n) is 12.3. The minimum absolute atomic E-state index is 0.113. The molecule has 7 heteroatoms. The van der Waals surface area contributed by atoms with Crippen molar-refractivity contribution in [2.24, 2.45) is 0 Å². The maximum Gasteiger partial charge on any atom is 0.326 e. The van der Waals surface area contributed by atoms with Crippen LogP contribution in [0.1, 0.15) is 0 Å². The molecule has 0 aliphatic carbocycles. The smallest absolute Gasteiger partial charge is 0.326 e. The number of aromatic nitrogens is 2. The Labute approximate surface area is 136 Å². The highest BCUT2D eigenvalue weighted by molar-refractivity contribution is 6.31. The van der Waals surface area contributed by atoms with Gasteiger partial charge in [0.15, 0.2) is 0 Å². The van der Waals surface area contributed by atoms with Crippen molar-refractivity contribution in [2.45, 2.75) is 6.54 Å². The van der Waals surface area contributed by atoms with Crippen molar-refractivity contribution in [1.29, 1.82) is 0 Å². The van der Waals surface area contributed by atoms with Crippen LogP contribution in [0.5, 0.6) is 5.75 Å². The minimum Gasteiger partial charge on any atom is -0.495 e. The van der Waals surface area contributed by atoms with Gasteiger partial charge in [0.05, 0.1) is 23.8 Å². The molecule has 23 heavy (non-hydrogen) atoms. The van der Waals surface area contributed by atoms with Gasteiger partial charge in [-0.2, -0.15) is 0 Å². The summed E-state index contributed by atoms with van der Waals surface area (Å²) in [6.07, 6.45) is 0. The molecule has 0 atom stereocenters. The van der Waals surface area contributed by atoms with E-state index in [9.17, 15) is 9.59 Å². The number of halogens is 1. The third kappa shape index (κ3) is 3.07. The lowest BCUT2D eigenvalue weighted by atomic mass is 10.3. The first-order chi connectivity index (χ1) is 11.1. The summed E-state index contributed by atoms with van der Waals surface area (Å²) in [6.45, 7) is -0.113. The highest BCUT2D eigenvalue weighted by atomic mass is 35.5. The molecule has 0 spiro atoms. The van der Waals surface area contributed by atoms with Crippen molar-refractivity contribution >= 4 is 34.2 Å². The van der Waals surface area contributed by atoms with Gasteiger partial charge in [-0.25, -0.2) is 4.79 Å². The SMILES string of the molecule is COc1ccc(Cl)cc1NC(=O)Cn1c(=O)[nH]c2ccccc21. The van der Waals surface area contributed by atoms with E-state index >= 15 is 0 Å². The van der Waals surface area contributed by atoms with Crippen LogP contribution in [-0.4, -0.2) is 22.6 Å². The molecule has 2 aromatic carbocycles. The molecule has 0 aliphatic heterocycles. The number of rotatable bonds is 4. The molecule has 0 radical (unpaired) electrons. The van der Waals surface area contributed by atoms with Crippen LogP contribution in [0.25, 0.3) is 11.0 Å². The number of anilines is 1. The van der Waals surface area contributed by atoms with Crippen molar-refractivity contribution in [3.63, 3.8) is 0 Å². The van der Waals surface area contributed by atoms with Crippen LogP contribution in [-0.2, 0) is 11.3 Å². The van der Waals surface area contributed by atoms with E-state index in [1.807, 2.05) is 12.1 Å². The first-order valence-corrected chi connectivity index (χ1v) is 7.27. The lowest BCUT2D eigenvalue weighted by Gasteiger charge is -2.11. The standard InChI is InChI=1S/C16H14ClN3O3/c1-23-14-7-6-10(17)8-12(14)18-15(21)9-20-13-5-3-2-4-11(13)19-16(20)22/h2-8H,9H2,1H3,(H,18,21)(H,19,22). The average Bonchev–Trinajstić information content (AvgIpc) is 2.83. The van der Waals surface area contributed by atoms with Gasteiger partial charge in [-0.15, -0.1) is 0 Å². The van der Waals surface area contributed by atoms with E-state index < -0.39 is 0 Å². The number of para-hydroxylation sites is 2. The summed E-state index contributed by atoms with van der Waals surface area (Å²) in [5, 5.41) is 3.19. The molecule has 2 N–H and O–H groups in total. The summed E-state index contributed by atoms with van der Waals surface area (Å²) in [6, 6.07) is 12.1. The molecule has 0 saturated heterocycles.